The number of halogens is 2. The molecular weight excluding hydrogens is 417 g/mol. The molecule has 0 saturated carbocycles. The van der Waals surface area contributed by atoms with Gasteiger partial charge < -0.3 is 9.47 Å². The van der Waals surface area contributed by atoms with Gasteiger partial charge in [-0.2, -0.15) is 0 Å². The second-order valence-corrected chi connectivity index (χ2v) is 9.69. The minimum Gasteiger partial charge on any atom is -0.350 e. The number of sulfonamides is 1. The topological polar surface area (TPSA) is 71.4 Å². The van der Waals surface area contributed by atoms with E-state index in [-0.39, 0.29) is 27.1 Å². The fraction of sp³-hybridized carbons (Fsp3) is 0.450. The van der Waals surface area contributed by atoms with Crippen LogP contribution in [0.15, 0.2) is 23.1 Å². The highest BCUT2D eigenvalue weighted by Crippen LogP contribution is 2.31. The predicted octanol–water partition coefficient (Wildman–Crippen LogP) is 4.11. The van der Waals surface area contributed by atoms with Gasteiger partial charge in [0.1, 0.15) is 10.7 Å². The molecule has 0 radical (unpaired) electrons. The van der Waals surface area contributed by atoms with Crippen LogP contribution in [0.3, 0.4) is 0 Å². The van der Waals surface area contributed by atoms with Gasteiger partial charge in [-0.15, -0.1) is 0 Å². The number of anilines is 1. The van der Waals surface area contributed by atoms with Crippen LogP contribution in [0.2, 0.25) is 5.02 Å². The second-order valence-electron chi connectivity index (χ2n) is 7.64. The Morgan fingerprint density at radius 1 is 1.21 bits per heavy atom. The first-order chi connectivity index (χ1) is 13.5. The van der Waals surface area contributed by atoms with Crippen molar-refractivity contribution in [3.63, 3.8) is 0 Å². The average Bonchev–Trinajstić information content (AvgIpc) is 2.89. The van der Waals surface area contributed by atoms with E-state index < -0.39 is 15.8 Å². The number of rotatable bonds is 4. The average molecular weight is 442 g/mol. The maximum atomic E-state index is 14.2. The first kappa shape index (κ1) is 21.6. The van der Waals surface area contributed by atoms with Crippen molar-refractivity contribution in [2.75, 3.05) is 17.8 Å². The highest BCUT2D eigenvalue weighted by Gasteiger charge is 2.34. The SMILES string of the molecule is Cc1c(C(=O)N2CCC(C)CC2)c(S(=O)(=O)Nc2ccc(Cl)cc2F)c(C)n1C. The van der Waals surface area contributed by atoms with Gasteiger partial charge in [0.2, 0.25) is 0 Å². The Balaban J connectivity index is 2.04. The summed E-state index contributed by atoms with van der Waals surface area (Å²) in [5.41, 5.74) is 0.892. The van der Waals surface area contributed by atoms with E-state index in [0.717, 1.165) is 18.9 Å². The molecule has 0 unspecified atom stereocenters. The maximum absolute atomic E-state index is 14.2. The quantitative estimate of drug-likeness (QED) is 0.776. The number of nitrogens with one attached hydrogen (secondary N) is 1. The largest absolute Gasteiger partial charge is 0.350 e. The van der Waals surface area contributed by atoms with Gasteiger partial charge in [0, 0.05) is 36.5 Å². The van der Waals surface area contributed by atoms with Gasteiger partial charge >= 0.3 is 0 Å². The Morgan fingerprint density at radius 3 is 2.41 bits per heavy atom. The van der Waals surface area contributed by atoms with Crippen LogP contribution in [0.25, 0.3) is 0 Å². The van der Waals surface area contributed by atoms with Crippen LogP contribution in [0, 0.1) is 25.6 Å². The van der Waals surface area contributed by atoms with Gasteiger partial charge in [0.25, 0.3) is 15.9 Å². The van der Waals surface area contributed by atoms with Crippen molar-refractivity contribution in [2.45, 2.75) is 38.5 Å². The number of hydrogen-bond donors (Lipinski definition) is 1. The van der Waals surface area contributed by atoms with E-state index in [9.17, 15) is 17.6 Å². The summed E-state index contributed by atoms with van der Waals surface area (Å²) >= 11 is 5.75. The van der Waals surface area contributed by atoms with Crippen molar-refractivity contribution < 1.29 is 17.6 Å². The second kappa shape index (κ2) is 7.99. The lowest BCUT2D eigenvalue weighted by atomic mass is 9.98. The van der Waals surface area contributed by atoms with Gasteiger partial charge in [-0.3, -0.25) is 9.52 Å². The Hall–Kier alpha value is -2.06. The van der Waals surface area contributed by atoms with Crippen molar-refractivity contribution in [2.24, 2.45) is 13.0 Å². The number of amides is 1. The monoisotopic (exact) mass is 441 g/mol. The first-order valence-corrected chi connectivity index (χ1v) is 11.3. The zero-order chi connectivity index (χ0) is 21.5. The van der Waals surface area contributed by atoms with E-state index in [2.05, 4.69) is 11.6 Å². The molecule has 1 N–H and O–H groups in total. The van der Waals surface area contributed by atoms with Crippen molar-refractivity contribution in [1.29, 1.82) is 0 Å². The molecule has 158 valence electrons. The molecule has 1 aromatic heterocycles. The number of piperidine rings is 1. The van der Waals surface area contributed by atoms with Gasteiger partial charge in [-0.1, -0.05) is 18.5 Å². The van der Waals surface area contributed by atoms with Crippen molar-refractivity contribution >= 4 is 33.2 Å². The number of aromatic nitrogens is 1. The Kier molecular flexibility index (Phi) is 5.96. The molecule has 2 aromatic rings. The van der Waals surface area contributed by atoms with Crippen LogP contribution in [0.5, 0.6) is 0 Å². The lowest BCUT2D eigenvalue weighted by molar-refractivity contribution is 0.0692. The minimum atomic E-state index is -4.21. The molecule has 1 aliphatic rings. The van der Waals surface area contributed by atoms with E-state index in [1.165, 1.54) is 12.1 Å². The summed E-state index contributed by atoms with van der Waals surface area (Å²) in [5.74, 6) is -0.560. The smallest absolute Gasteiger partial charge is 0.264 e. The highest BCUT2D eigenvalue weighted by atomic mass is 35.5. The Labute approximate surface area is 175 Å². The molecule has 0 aliphatic carbocycles. The van der Waals surface area contributed by atoms with Gasteiger partial charge in [0.15, 0.2) is 0 Å². The molecule has 29 heavy (non-hydrogen) atoms. The minimum absolute atomic E-state index is 0.115. The van der Waals surface area contributed by atoms with E-state index in [1.54, 1.807) is 30.4 Å². The fourth-order valence-electron chi connectivity index (χ4n) is 3.64. The lowest BCUT2D eigenvalue weighted by Crippen LogP contribution is -2.38. The van der Waals surface area contributed by atoms with Gasteiger partial charge in [-0.25, -0.2) is 12.8 Å². The van der Waals surface area contributed by atoms with Crippen LogP contribution in [-0.2, 0) is 17.1 Å². The third-order valence-corrected chi connectivity index (χ3v) is 7.41. The highest BCUT2D eigenvalue weighted by molar-refractivity contribution is 7.92. The third-order valence-electron chi connectivity index (χ3n) is 5.65. The molecule has 0 spiro atoms. The summed E-state index contributed by atoms with van der Waals surface area (Å²) < 4.78 is 44.5. The van der Waals surface area contributed by atoms with Crippen molar-refractivity contribution in [3.8, 4) is 0 Å². The first-order valence-electron chi connectivity index (χ1n) is 9.46. The summed E-state index contributed by atoms with van der Waals surface area (Å²) in [6, 6.07) is 3.68. The summed E-state index contributed by atoms with van der Waals surface area (Å²) in [5, 5.41) is 0.160. The molecule has 9 heteroatoms. The molecule has 1 amide bonds. The predicted molar refractivity (Wildman–Crippen MR) is 111 cm³/mol. The molecule has 2 heterocycles. The van der Waals surface area contributed by atoms with Crippen LogP contribution in [0.1, 0.15) is 41.5 Å². The molecular formula is C20H25ClFN3O3S. The van der Waals surface area contributed by atoms with E-state index in [1.807, 2.05) is 0 Å². The van der Waals surface area contributed by atoms with Crippen molar-refractivity contribution in [1.82, 2.24) is 9.47 Å². The zero-order valence-electron chi connectivity index (χ0n) is 16.9. The maximum Gasteiger partial charge on any atom is 0.264 e. The standard InChI is InChI=1S/C20H25ClFN3O3S/c1-12-7-9-25(10-8-12)20(26)18-13(2)24(4)14(3)19(18)29(27,28)23-17-6-5-15(21)11-16(17)22/h5-6,11-12,23H,7-10H2,1-4H3. The molecule has 1 aromatic carbocycles. The lowest BCUT2D eigenvalue weighted by Gasteiger charge is -2.30. The van der Waals surface area contributed by atoms with Crippen LogP contribution < -0.4 is 4.72 Å². The summed E-state index contributed by atoms with van der Waals surface area (Å²) in [6.45, 7) is 6.67. The number of likely N-dealkylation sites (tertiary alicyclic amines) is 1. The number of benzene rings is 1. The number of carbonyl (C=O) groups is 1. The van der Waals surface area contributed by atoms with Gasteiger partial charge in [-0.05, 0) is 50.8 Å². The molecule has 6 nitrogen and oxygen atoms in total. The molecule has 3 rings (SSSR count). The van der Waals surface area contributed by atoms with Crippen LogP contribution in [0.4, 0.5) is 10.1 Å². The zero-order valence-corrected chi connectivity index (χ0v) is 18.5. The van der Waals surface area contributed by atoms with E-state index in [4.69, 9.17) is 11.6 Å². The number of carbonyl (C=O) groups excluding carboxylic acids is 1. The number of nitrogens with zero attached hydrogens (tertiary/aromatic N) is 2. The van der Waals surface area contributed by atoms with Crippen LogP contribution in [-0.4, -0.2) is 36.9 Å². The Bertz CT molecular complexity index is 1060. The normalized spacial score (nSPS) is 15.6. The van der Waals surface area contributed by atoms with Crippen molar-refractivity contribution in [3.05, 3.63) is 46.0 Å². The Morgan fingerprint density at radius 2 is 1.83 bits per heavy atom. The number of hydrogen-bond acceptors (Lipinski definition) is 3. The van der Waals surface area contributed by atoms with E-state index in [0.29, 0.717) is 30.4 Å². The van der Waals surface area contributed by atoms with E-state index >= 15 is 0 Å². The summed E-state index contributed by atoms with van der Waals surface area (Å²) in [7, 11) is -2.50. The molecule has 0 atom stereocenters. The molecule has 1 aliphatic heterocycles. The summed E-state index contributed by atoms with van der Waals surface area (Å²) in [6.07, 6.45) is 1.76. The molecule has 0 bridgehead atoms. The molecule has 1 saturated heterocycles. The molecule has 1 fully saturated rings. The fourth-order valence-corrected chi connectivity index (χ4v) is 5.38. The summed E-state index contributed by atoms with van der Waals surface area (Å²) in [4.78, 5) is 14.8. The van der Waals surface area contributed by atoms with Gasteiger partial charge in [0.05, 0.1) is 11.3 Å². The third kappa shape index (κ3) is 4.14. The van der Waals surface area contributed by atoms with Crippen LogP contribution >= 0.6 is 11.6 Å².